The SMILES string of the molecule is CC[C@@H](Nc1cccc(Cl)c1)C(=O)Nc1nnc(C)s1. The minimum absolute atomic E-state index is 0.136. The zero-order chi connectivity index (χ0) is 14.5. The van der Waals surface area contributed by atoms with Crippen molar-refractivity contribution in [1.82, 2.24) is 10.2 Å². The van der Waals surface area contributed by atoms with E-state index in [2.05, 4.69) is 20.8 Å². The highest BCUT2D eigenvalue weighted by molar-refractivity contribution is 7.15. The molecule has 7 heteroatoms. The molecule has 0 saturated heterocycles. The maximum absolute atomic E-state index is 12.2. The molecule has 1 amide bonds. The smallest absolute Gasteiger partial charge is 0.248 e. The Kier molecular flexibility index (Phi) is 4.92. The molecule has 0 spiro atoms. The van der Waals surface area contributed by atoms with Crippen molar-refractivity contribution in [2.45, 2.75) is 26.3 Å². The van der Waals surface area contributed by atoms with E-state index in [-0.39, 0.29) is 11.9 Å². The summed E-state index contributed by atoms with van der Waals surface area (Å²) in [5.74, 6) is -0.136. The molecule has 0 bridgehead atoms. The summed E-state index contributed by atoms with van der Waals surface area (Å²) >= 11 is 7.28. The van der Waals surface area contributed by atoms with E-state index >= 15 is 0 Å². The van der Waals surface area contributed by atoms with Crippen LogP contribution in [0.25, 0.3) is 0 Å². The third kappa shape index (κ3) is 3.91. The summed E-state index contributed by atoms with van der Waals surface area (Å²) in [5.41, 5.74) is 0.813. The molecule has 0 aliphatic heterocycles. The van der Waals surface area contributed by atoms with Crippen LogP contribution in [0.5, 0.6) is 0 Å². The molecular formula is C13H15ClN4OS. The molecule has 0 radical (unpaired) electrons. The third-order valence-electron chi connectivity index (χ3n) is 2.65. The Hall–Kier alpha value is -1.66. The van der Waals surface area contributed by atoms with Gasteiger partial charge in [0, 0.05) is 10.7 Å². The lowest BCUT2D eigenvalue weighted by Gasteiger charge is -2.17. The van der Waals surface area contributed by atoms with E-state index in [1.807, 2.05) is 26.0 Å². The van der Waals surface area contributed by atoms with Crippen molar-refractivity contribution in [3.05, 3.63) is 34.3 Å². The van der Waals surface area contributed by atoms with Crippen molar-refractivity contribution < 1.29 is 4.79 Å². The van der Waals surface area contributed by atoms with Crippen molar-refractivity contribution in [1.29, 1.82) is 0 Å². The van der Waals surface area contributed by atoms with Crippen LogP contribution in [-0.4, -0.2) is 22.1 Å². The zero-order valence-electron chi connectivity index (χ0n) is 11.2. The molecule has 2 rings (SSSR count). The van der Waals surface area contributed by atoms with Crippen LogP contribution >= 0.6 is 22.9 Å². The van der Waals surface area contributed by atoms with E-state index in [1.54, 1.807) is 12.1 Å². The van der Waals surface area contributed by atoms with Gasteiger partial charge in [-0.05, 0) is 31.5 Å². The number of rotatable bonds is 5. The van der Waals surface area contributed by atoms with E-state index in [1.165, 1.54) is 11.3 Å². The van der Waals surface area contributed by atoms with Gasteiger partial charge in [0.25, 0.3) is 0 Å². The van der Waals surface area contributed by atoms with Gasteiger partial charge in [-0.15, -0.1) is 10.2 Å². The van der Waals surface area contributed by atoms with Crippen molar-refractivity contribution in [2.24, 2.45) is 0 Å². The van der Waals surface area contributed by atoms with Gasteiger partial charge in [-0.2, -0.15) is 0 Å². The number of amides is 1. The minimum Gasteiger partial charge on any atom is -0.374 e. The minimum atomic E-state index is -0.349. The second kappa shape index (κ2) is 6.67. The molecule has 106 valence electrons. The van der Waals surface area contributed by atoms with Gasteiger partial charge in [-0.1, -0.05) is 35.9 Å². The Morgan fingerprint density at radius 2 is 2.25 bits per heavy atom. The maximum atomic E-state index is 12.2. The highest BCUT2D eigenvalue weighted by atomic mass is 35.5. The van der Waals surface area contributed by atoms with Crippen LogP contribution in [0, 0.1) is 6.92 Å². The van der Waals surface area contributed by atoms with Gasteiger partial charge in [-0.25, -0.2) is 0 Å². The summed E-state index contributed by atoms with van der Waals surface area (Å²) in [4.78, 5) is 12.2. The van der Waals surface area contributed by atoms with Gasteiger partial charge in [-0.3, -0.25) is 10.1 Å². The average molecular weight is 311 g/mol. The number of benzene rings is 1. The van der Waals surface area contributed by atoms with E-state index in [0.717, 1.165) is 10.7 Å². The fourth-order valence-electron chi connectivity index (χ4n) is 1.67. The second-order valence-electron chi connectivity index (χ2n) is 4.23. The first-order chi connectivity index (χ1) is 9.58. The molecule has 1 aromatic heterocycles. The Bertz CT molecular complexity index is 602. The van der Waals surface area contributed by atoms with Crippen molar-refractivity contribution in [3.63, 3.8) is 0 Å². The molecule has 1 atom stereocenters. The van der Waals surface area contributed by atoms with Crippen LogP contribution in [-0.2, 0) is 4.79 Å². The molecule has 20 heavy (non-hydrogen) atoms. The molecule has 1 aromatic carbocycles. The highest BCUT2D eigenvalue weighted by Gasteiger charge is 2.17. The number of nitrogens with zero attached hydrogens (tertiary/aromatic N) is 2. The van der Waals surface area contributed by atoms with Gasteiger partial charge >= 0.3 is 0 Å². The molecule has 5 nitrogen and oxygen atoms in total. The lowest BCUT2D eigenvalue weighted by atomic mass is 10.2. The van der Waals surface area contributed by atoms with Crippen molar-refractivity contribution >= 4 is 39.7 Å². The first-order valence-corrected chi connectivity index (χ1v) is 7.41. The fraction of sp³-hybridized carbons (Fsp3) is 0.308. The Balaban J connectivity index is 2.02. The predicted molar refractivity (Wildman–Crippen MR) is 82.4 cm³/mol. The van der Waals surface area contributed by atoms with E-state index in [0.29, 0.717) is 16.6 Å². The zero-order valence-corrected chi connectivity index (χ0v) is 12.8. The number of anilines is 2. The molecule has 0 fully saturated rings. The highest BCUT2D eigenvalue weighted by Crippen LogP contribution is 2.18. The molecule has 2 aromatic rings. The predicted octanol–water partition coefficient (Wildman–Crippen LogP) is 3.33. The number of aromatic nitrogens is 2. The molecular weight excluding hydrogens is 296 g/mol. The van der Waals surface area contributed by atoms with E-state index < -0.39 is 0 Å². The lowest BCUT2D eigenvalue weighted by Crippen LogP contribution is -2.34. The van der Waals surface area contributed by atoms with Crippen molar-refractivity contribution in [3.8, 4) is 0 Å². The quantitative estimate of drug-likeness (QED) is 0.889. The first kappa shape index (κ1) is 14.7. The monoisotopic (exact) mass is 310 g/mol. The molecule has 0 saturated carbocycles. The Labute approximate surface area is 126 Å². The van der Waals surface area contributed by atoms with Crippen LogP contribution in [0.15, 0.2) is 24.3 Å². The van der Waals surface area contributed by atoms with Crippen LogP contribution in [0.2, 0.25) is 5.02 Å². The largest absolute Gasteiger partial charge is 0.374 e. The lowest BCUT2D eigenvalue weighted by molar-refractivity contribution is -0.117. The van der Waals surface area contributed by atoms with Gasteiger partial charge < -0.3 is 5.32 Å². The number of hydrogen-bond acceptors (Lipinski definition) is 5. The van der Waals surface area contributed by atoms with Crippen LogP contribution in [0.3, 0.4) is 0 Å². The maximum Gasteiger partial charge on any atom is 0.248 e. The standard InChI is InChI=1S/C13H15ClN4OS/c1-3-11(15-10-6-4-5-9(14)7-10)12(19)16-13-18-17-8(2)20-13/h4-7,11,15H,3H2,1-2H3,(H,16,18,19)/t11-/m1/s1. The number of carbonyl (C=O) groups is 1. The number of carbonyl (C=O) groups excluding carboxylic acids is 1. The fourth-order valence-corrected chi connectivity index (χ4v) is 2.46. The van der Waals surface area contributed by atoms with Crippen LogP contribution in [0.1, 0.15) is 18.4 Å². The number of hydrogen-bond donors (Lipinski definition) is 2. The number of aryl methyl sites for hydroxylation is 1. The molecule has 0 unspecified atom stereocenters. The summed E-state index contributed by atoms with van der Waals surface area (Å²) in [7, 11) is 0. The van der Waals surface area contributed by atoms with E-state index in [9.17, 15) is 4.79 Å². The summed E-state index contributed by atoms with van der Waals surface area (Å²) in [6.07, 6.45) is 0.649. The van der Waals surface area contributed by atoms with Gasteiger partial charge in [0.15, 0.2) is 0 Å². The first-order valence-electron chi connectivity index (χ1n) is 6.21. The van der Waals surface area contributed by atoms with E-state index in [4.69, 9.17) is 11.6 Å². The molecule has 0 aliphatic carbocycles. The van der Waals surface area contributed by atoms with Crippen LogP contribution < -0.4 is 10.6 Å². The number of nitrogens with one attached hydrogen (secondary N) is 2. The second-order valence-corrected chi connectivity index (χ2v) is 5.85. The number of halogens is 1. The Morgan fingerprint density at radius 1 is 1.45 bits per heavy atom. The molecule has 2 N–H and O–H groups in total. The summed E-state index contributed by atoms with van der Waals surface area (Å²) in [5, 5.41) is 15.6. The van der Waals surface area contributed by atoms with Gasteiger partial charge in [0.2, 0.25) is 11.0 Å². The average Bonchev–Trinajstić information content (AvgIpc) is 2.81. The molecule has 0 aliphatic rings. The Morgan fingerprint density at radius 3 is 2.85 bits per heavy atom. The summed E-state index contributed by atoms with van der Waals surface area (Å²) < 4.78 is 0. The van der Waals surface area contributed by atoms with Gasteiger partial charge in [0.05, 0.1) is 0 Å². The summed E-state index contributed by atoms with van der Waals surface area (Å²) in [6, 6.07) is 6.93. The van der Waals surface area contributed by atoms with Gasteiger partial charge in [0.1, 0.15) is 11.0 Å². The topological polar surface area (TPSA) is 66.9 Å². The van der Waals surface area contributed by atoms with Crippen molar-refractivity contribution in [2.75, 3.05) is 10.6 Å². The normalized spacial score (nSPS) is 11.9. The summed E-state index contributed by atoms with van der Waals surface area (Å²) in [6.45, 7) is 3.78. The third-order valence-corrected chi connectivity index (χ3v) is 3.64. The molecule has 1 heterocycles. The van der Waals surface area contributed by atoms with Crippen LogP contribution in [0.4, 0.5) is 10.8 Å².